The Kier molecular flexibility index (Phi) is 34.4. The number of hydrogen-bond donors (Lipinski definition) is 1. The summed E-state index contributed by atoms with van der Waals surface area (Å²) in [5.41, 5.74) is 5.09. The second-order valence-electron chi connectivity index (χ2n) is 42.2. The van der Waals surface area contributed by atoms with Crippen molar-refractivity contribution in [2.45, 2.75) is 406 Å². The molecule has 0 spiro atoms. The summed E-state index contributed by atoms with van der Waals surface area (Å²) in [4.78, 5) is 0. The molecule has 0 aromatic carbocycles. The molecule has 0 aromatic heterocycles. The van der Waals surface area contributed by atoms with Crippen LogP contribution < -0.4 is 0 Å². The van der Waals surface area contributed by atoms with Gasteiger partial charge < -0.3 is 5.11 Å². The zero-order valence-corrected chi connectivity index (χ0v) is 65.4. The molecular formula is C85H168O. The van der Waals surface area contributed by atoms with Crippen LogP contribution in [0.15, 0.2) is 0 Å². The fourth-order valence-corrected chi connectivity index (χ4v) is 18.9. The van der Waals surface area contributed by atoms with E-state index in [2.05, 4.69) is 194 Å². The van der Waals surface area contributed by atoms with E-state index in [1.54, 1.807) is 89.9 Å². The Balaban J connectivity index is 0.000000331. The van der Waals surface area contributed by atoms with Gasteiger partial charge in [0.25, 0.3) is 0 Å². The minimum Gasteiger partial charge on any atom is -0.400 e. The highest BCUT2D eigenvalue weighted by Gasteiger charge is 2.58. The highest BCUT2D eigenvalue weighted by Crippen LogP contribution is 2.66. The maximum Gasteiger partial charge on any atom is 0.0319 e. The van der Waals surface area contributed by atoms with Crippen LogP contribution in [0.25, 0.3) is 0 Å². The summed E-state index contributed by atoms with van der Waals surface area (Å²) in [6.07, 6.45) is 50.6. The van der Waals surface area contributed by atoms with Crippen molar-refractivity contribution in [2.75, 3.05) is 7.11 Å². The largest absolute Gasteiger partial charge is 0.400 e. The van der Waals surface area contributed by atoms with E-state index in [0.717, 1.165) is 66.3 Å². The van der Waals surface area contributed by atoms with Crippen LogP contribution in [0.5, 0.6) is 0 Å². The average Bonchev–Trinajstić information content (AvgIpc) is 0.852. The smallest absolute Gasteiger partial charge is 0.0319 e. The van der Waals surface area contributed by atoms with Crippen molar-refractivity contribution in [3.05, 3.63) is 0 Å². The Hall–Kier alpha value is -0.0400. The summed E-state index contributed by atoms with van der Waals surface area (Å²) in [5, 5.41) is 7.00. The number of fused-ring (bicyclic) bond motifs is 7. The monoisotopic (exact) mass is 1210 g/mol. The molecule has 0 radical (unpaired) electrons. The van der Waals surface area contributed by atoms with Crippen molar-refractivity contribution >= 4 is 0 Å². The van der Waals surface area contributed by atoms with E-state index in [-0.39, 0.29) is 0 Å². The van der Waals surface area contributed by atoms with Gasteiger partial charge in [-0.05, 0) is 221 Å². The van der Waals surface area contributed by atoms with Crippen LogP contribution in [0.1, 0.15) is 406 Å². The van der Waals surface area contributed by atoms with Crippen LogP contribution in [0, 0.1) is 132 Å². The lowest BCUT2D eigenvalue weighted by Gasteiger charge is -2.64. The van der Waals surface area contributed by atoms with Gasteiger partial charge in [0.2, 0.25) is 0 Å². The first-order chi connectivity index (χ1) is 39.2. The second-order valence-corrected chi connectivity index (χ2v) is 42.2. The van der Waals surface area contributed by atoms with Gasteiger partial charge in [-0.25, -0.2) is 0 Å². The van der Waals surface area contributed by atoms with E-state index in [0.29, 0.717) is 48.7 Å². The Bertz CT molecular complexity index is 1580. The molecule has 10 bridgehead atoms. The first kappa shape index (κ1) is 82.1. The van der Waals surface area contributed by atoms with Crippen molar-refractivity contribution in [2.24, 2.45) is 132 Å². The molecule has 14 fully saturated rings. The number of hydrogen-bond acceptors (Lipinski definition) is 1. The van der Waals surface area contributed by atoms with Gasteiger partial charge in [0.05, 0.1) is 0 Å². The highest BCUT2D eigenvalue weighted by atomic mass is 16.2. The minimum absolute atomic E-state index is 0.500. The topological polar surface area (TPSA) is 20.2 Å². The molecular weight excluding hydrogens is 1040 g/mol. The fraction of sp³-hybridized carbons (Fsp3) is 1.00. The van der Waals surface area contributed by atoms with Gasteiger partial charge in [0, 0.05) is 7.11 Å². The molecule has 1 N–H and O–H groups in total. The number of aliphatic hydroxyl groups is 1. The third kappa shape index (κ3) is 31.7. The summed E-state index contributed by atoms with van der Waals surface area (Å²) in [6.45, 7) is 64.4. The van der Waals surface area contributed by atoms with Crippen LogP contribution in [-0.4, -0.2) is 12.2 Å². The van der Waals surface area contributed by atoms with Crippen molar-refractivity contribution in [3.8, 4) is 0 Å². The van der Waals surface area contributed by atoms with Crippen molar-refractivity contribution < 1.29 is 5.11 Å². The van der Waals surface area contributed by atoms with Crippen molar-refractivity contribution in [3.63, 3.8) is 0 Å². The molecule has 0 amide bonds. The molecule has 514 valence electrons. The molecule has 0 aromatic rings. The Labute approximate surface area is 546 Å². The molecule has 14 rings (SSSR count). The third-order valence-corrected chi connectivity index (χ3v) is 23.9. The molecule has 14 aliphatic rings. The summed E-state index contributed by atoms with van der Waals surface area (Å²) in [6, 6.07) is 0. The van der Waals surface area contributed by atoms with E-state index in [1.807, 2.05) is 0 Å². The molecule has 4 atom stereocenters. The van der Waals surface area contributed by atoms with Gasteiger partial charge in [-0.3, -0.25) is 0 Å². The standard InChI is InChI=1S/C14H26.C12H24.2C10H18.C9H14.C9H16.4C5H12.CH4O/c1-9-11(13(2,3)4)7-10-8-12(9)14(10,5)6;1-12(2,3)11-9-7-5-4-6-8-10-11;1-9(2)8-4-6-10(9,3)7-5-8;1-2-6-10-8-4-3-7-9(10)5-1;1-6-2-8-4-7(1)5-9(8)3-6;1-3-8-5-2-6-9(4-1)7-8;4*1-5(2,3)4;1-2/h9-12H,7-8H2,1-6H3;11H,4-10H2,1-3H3;8H,4-7H2,1-3H3;9-10H,1-8H2;6-9H,1-5H2;8-9H,1-7H2;4*1-4H3;2H,1H3. The van der Waals surface area contributed by atoms with Gasteiger partial charge in [0.1, 0.15) is 0 Å². The predicted octanol–water partition coefficient (Wildman–Crippen LogP) is 28.6. The minimum atomic E-state index is 0.500. The molecule has 14 saturated carbocycles. The molecule has 0 aliphatic heterocycles. The molecule has 0 saturated heterocycles. The van der Waals surface area contributed by atoms with Gasteiger partial charge in [-0.15, -0.1) is 0 Å². The van der Waals surface area contributed by atoms with Gasteiger partial charge in [-0.2, -0.15) is 0 Å². The summed E-state index contributed by atoms with van der Waals surface area (Å²) in [7, 11) is 1.00. The summed E-state index contributed by atoms with van der Waals surface area (Å²) in [5.74, 6) is 15.4. The van der Waals surface area contributed by atoms with Crippen molar-refractivity contribution in [1.29, 1.82) is 0 Å². The van der Waals surface area contributed by atoms with Gasteiger partial charge >= 0.3 is 0 Å². The SMILES string of the molecule is C1C2CC3CC1CC3C2.C1CC2CCCC(C1)C2.C1CCC2CCCCC2C1.CC(C)(C)C.CC(C)(C)C.CC(C)(C)C.CC(C)(C)C.CC(C)(C)C1CCCCCCC1.CC12CCC(CC1)C2(C)C.CC1C(C(C)(C)C)CC2CC1C2(C)C.CO. The van der Waals surface area contributed by atoms with Crippen LogP contribution in [0.2, 0.25) is 0 Å². The maximum absolute atomic E-state index is 7.00. The van der Waals surface area contributed by atoms with Crippen LogP contribution in [-0.2, 0) is 0 Å². The summed E-state index contributed by atoms with van der Waals surface area (Å²) < 4.78 is 0. The maximum atomic E-state index is 7.00. The Morgan fingerprint density at radius 1 is 0.302 bits per heavy atom. The fourth-order valence-electron chi connectivity index (χ4n) is 18.9. The van der Waals surface area contributed by atoms with E-state index < -0.39 is 0 Å². The van der Waals surface area contributed by atoms with E-state index in [4.69, 9.17) is 5.11 Å². The quantitative estimate of drug-likeness (QED) is 0.256. The molecule has 14 aliphatic carbocycles. The first-order valence-corrected chi connectivity index (χ1v) is 38.7. The second kappa shape index (κ2) is 36.0. The lowest BCUT2D eigenvalue weighted by molar-refractivity contribution is -0.150. The van der Waals surface area contributed by atoms with Crippen LogP contribution in [0.4, 0.5) is 0 Å². The molecule has 1 heteroatoms. The van der Waals surface area contributed by atoms with Crippen LogP contribution >= 0.6 is 0 Å². The predicted molar refractivity (Wildman–Crippen MR) is 390 cm³/mol. The Morgan fingerprint density at radius 2 is 0.616 bits per heavy atom. The van der Waals surface area contributed by atoms with E-state index in [9.17, 15) is 0 Å². The third-order valence-electron chi connectivity index (χ3n) is 23.9. The normalized spacial score (nSPS) is 35.0. The van der Waals surface area contributed by atoms with E-state index >= 15 is 0 Å². The van der Waals surface area contributed by atoms with E-state index in [1.165, 1.54) is 146 Å². The zero-order chi connectivity index (χ0) is 65.9. The van der Waals surface area contributed by atoms with Gasteiger partial charge in [0.15, 0.2) is 0 Å². The lowest BCUT2D eigenvalue weighted by atomic mass is 9.41. The molecule has 86 heavy (non-hydrogen) atoms. The molecule has 0 heterocycles. The van der Waals surface area contributed by atoms with Crippen molar-refractivity contribution in [1.82, 2.24) is 0 Å². The molecule has 4 unspecified atom stereocenters. The highest BCUT2D eigenvalue weighted by molar-refractivity contribution is 5.07. The number of rotatable bonds is 0. The Morgan fingerprint density at radius 3 is 0.849 bits per heavy atom. The zero-order valence-electron chi connectivity index (χ0n) is 65.4. The average molecular weight is 1210 g/mol. The van der Waals surface area contributed by atoms with Gasteiger partial charge in [-0.1, -0.05) is 316 Å². The lowest BCUT2D eigenvalue weighted by Crippen LogP contribution is -2.57. The first-order valence-electron chi connectivity index (χ1n) is 38.7. The number of aliphatic hydroxyl groups excluding tert-OH is 1. The van der Waals surface area contributed by atoms with Crippen LogP contribution in [0.3, 0.4) is 0 Å². The molecule has 1 nitrogen and oxygen atoms in total. The summed E-state index contributed by atoms with van der Waals surface area (Å²) >= 11 is 0.